The Morgan fingerprint density at radius 3 is 2.58 bits per heavy atom. The molecule has 1 aliphatic heterocycles. The van der Waals surface area contributed by atoms with Crippen molar-refractivity contribution in [2.45, 2.75) is 6.61 Å². The molecule has 0 aromatic heterocycles. The fourth-order valence-electron chi connectivity index (χ4n) is 3.18. The van der Waals surface area contributed by atoms with Gasteiger partial charge in [0.15, 0.2) is 15.8 Å². The van der Waals surface area contributed by atoms with Crippen molar-refractivity contribution < 1.29 is 18.7 Å². The average molecular weight is 609 g/mol. The minimum absolute atomic E-state index is 0.178. The number of rotatable bonds is 6. The third-order valence-corrected chi connectivity index (χ3v) is 7.12. The molecule has 0 aliphatic carbocycles. The van der Waals surface area contributed by atoms with Crippen LogP contribution in [0.25, 0.3) is 6.08 Å². The van der Waals surface area contributed by atoms with Crippen LogP contribution >= 0.6 is 55.8 Å². The zero-order valence-corrected chi connectivity index (χ0v) is 22.0. The number of nitrogens with zero attached hydrogens (tertiary/aromatic N) is 1. The summed E-state index contributed by atoms with van der Waals surface area (Å²) >= 11 is 13.6. The molecule has 0 N–H and O–H groups in total. The molecule has 3 aromatic carbocycles. The van der Waals surface area contributed by atoms with Gasteiger partial charge in [-0.05, 0) is 81.7 Å². The number of ether oxygens (including phenoxy) is 2. The van der Waals surface area contributed by atoms with Gasteiger partial charge in [-0.3, -0.25) is 9.69 Å². The van der Waals surface area contributed by atoms with E-state index in [1.165, 1.54) is 35.9 Å². The van der Waals surface area contributed by atoms with Crippen LogP contribution in [0.5, 0.6) is 11.5 Å². The highest BCUT2D eigenvalue weighted by atomic mass is 79.9. The number of carbonyl (C=O) groups excluding carboxylic acids is 1. The zero-order valence-electron chi connectivity index (χ0n) is 17.2. The molecule has 4 rings (SSSR count). The third-order valence-electron chi connectivity index (χ3n) is 4.70. The van der Waals surface area contributed by atoms with Crippen molar-refractivity contribution in [2.24, 2.45) is 0 Å². The Bertz CT molecular complexity index is 1270. The van der Waals surface area contributed by atoms with E-state index in [4.69, 9.17) is 21.7 Å². The number of hydrogen-bond donors (Lipinski definition) is 0. The highest BCUT2D eigenvalue weighted by Crippen LogP contribution is 2.40. The molecule has 1 saturated heterocycles. The quantitative estimate of drug-likeness (QED) is 0.216. The summed E-state index contributed by atoms with van der Waals surface area (Å²) < 4.78 is 26.9. The minimum Gasteiger partial charge on any atom is -0.493 e. The number of benzene rings is 3. The number of thioether (sulfide) groups is 1. The molecule has 0 bridgehead atoms. The second-order valence-electron chi connectivity index (χ2n) is 6.95. The smallest absolute Gasteiger partial charge is 0.270 e. The lowest BCUT2D eigenvalue weighted by atomic mass is 10.1. The number of carbonyl (C=O) groups is 1. The van der Waals surface area contributed by atoms with Crippen molar-refractivity contribution in [1.82, 2.24) is 0 Å². The molecule has 1 fully saturated rings. The molecule has 0 radical (unpaired) electrons. The Morgan fingerprint density at radius 1 is 1.12 bits per heavy atom. The molecule has 9 heteroatoms. The van der Waals surface area contributed by atoms with Gasteiger partial charge in [-0.1, -0.05) is 52.0 Å². The van der Waals surface area contributed by atoms with E-state index in [0.29, 0.717) is 36.4 Å². The highest BCUT2D eigenvalue weighted by molar-refractivity contribution is 9.10. The van der Waals surface area contributed by atoms with Gasteiger partial charge in [-0.2, -0.15) is 0 Å². The van der Waals surface area contributed by atoms with Crippen molar-refractivity contribution in [1.29, 1.82) is 0 Å². The lowest BCUT2D eigenvalue weighted by Crippen LogP contribution is -2.27. The van der Waals surface area contributed by atoms with Crippen LogP contribution in [-0.4, -0.2) is 17.3 Å². The Kier molecular flexibility index (Phi) is 7.53. The standard InChI is InChI=1S/C24H16Br2FNO3S2/c1-30-20-11-15(10-19(26)22(20)31-13-14-3-2-4-17(27)9-14)12-21-23(29)28(24(32)33-21)18-7-5-16(25)6-8-18/h2-12H,13H2,1H3/b21-12+. The van der Waals surface area contributed by atoms with Gasteiger partial charge >= 0.3 is 0 Å². The molecule has 0 saturated carbocycles. The summed E-state index contributed by atoms with van der Waals surface area (Å²) in [5, 5.41) is 0. The normalized spacial score (nSPS) is 14.8. The van der Waals surface area contributed by atoms with Gasteiger partial charge in [0.25, 0.3) is 5.91 Å². The third kappa shape index (κ3) is 5.48. The van der Waals surface area contributed by atoms with Crippen molar-refractivity contribution in [3.8, 4) is 11.5 Å². The van der Waals surface area contributed by atoms with Gasteiger partial charge in [0.2, 0.25) is 0 Å². The van der Waals surface area contributed by atoms with E-state index in [0.717, 1.165) is 10.0 Å². The SMILES string of the molecule is COc1cc(/C=C2/SC(=S)N(c3ccc(Br)cc3)C2=O)cc(Br)c1OCc1cccc(F)c1. The van der Waals surface area contributed by atoms with Crippen LogP contribution in [0.1, 0.15) is 11.1 Å². The molecule has 3 aromatic rings. The maximum absolute atomic E-state index is 13.4. The summed E-state index contributed by atoms with van der Waals surface area (Å²) in [6, 6.07) is 17.2. The monoisotopic (exact) mass is 607 g/mol. The van der Waals surface area contributed by atoms with Crippen LogP contribution in [0, 0.1) is 5.82 Å². The van der Waals surface area contributed by atoms with E-state index in [9.17, 15) is 9.18 Å². The molecule has 4 nitrogen and oxygen atoms in total. The number of halogens is 3. The van der Waals surface area contributed by atoms with E-state index in [1.807, 2.05) is 30.3 Å². The predicted molar refractivity (Wildman–Crippen MR) is 141 cm³/mol. The second-order valence-corrected chi connectivity index (χ2v) is 10.4. The van der Waals surface area contributed by atoms with Crippen LogP contribution in [0.15, 0.2) is 74.5 Å². The summed E-state index contributed by atoms with van der Waals surface area (Å²) in [4.78, 5) is 15.1. The van der Waals surface area contributed by atoms with E-state index < -0.39 is 0 Å². The fraction of sp³-hybridized carbons (Fsp3) is 0.0833. The first kappa shape index (κ1) is 23.9. The Hall–Kier alpha value is -2.20. The number of amides is 1. The average Bonchev–Trinajstić information content (AvgIpc) is 3.06. The molecule has 1 amide bonds. The van der Waals surface area contributed by atoms with Gasteiger partial charge in [0, 0.05) is 4.47 Å². The number of anilines is 1. The van der Waals surface area contributed by atoms with Crippen LogP contribution in [-0.2, 0) is 11.4 Å². The fourth-order valence-corrected chi connectivity index (χ4v) is 5.31. The van der Waals surface area contributed by atoms with E-state index >= 15 is 0 Å². The molecule has 0 atom stereocenters. The highest BCUT2D eigenvalue weighted by Gasteiger charge is 2.33. The van der Waals surface area contributed by atoms with E-state index in [-0.39, 0.29) is 18.3 Å². The van der Waals surface area contributed by atoms with Crippen LogP contribution < -0.4 is 14.4 Å². The first-order valence-electron chi connectivity index (χ1n) is 9.64. The molecule has 33 heavy (non-hydrogen) atoms. The summed E-state index contributed by atoms with van der Waals surface area (Å²) in [5.41, 5.74) is 2.15. The van der Waals surface area contributed by atoms with Gasteiger partial charge in [-0.25, -0.2) is 4.39 Å². The molecule has 0 unspecified atom stereocenters. The van der Waals surface area contributed by atoms with Crippen molar-refractivity contribution in [3.05, 3.63) is 91.5 Å². The molecule has 1 heterocycles. The van der Waals surface area contributed by atoms with Gasteiger partial charge in [0.05, 0.1) is 22.2 Å². The maximum atomic E-state index is 13.4. The van der Waals surface area contributed by atoms with Gasteiger partial charge in [-0.15, -0.1) is 0 Å². The molecular weight excluding hydrogens is 593 g/mol. The first-order chi connectivity index (χ1) is 15.9. The zero-order chi connectivity index (χ0) is 23.5. The number of hydrogen-bond acceptors (Lipinski definition) is 5. The second kappa shape index (κ2) is 10.4. The summed E-state index contributed by atoms with van der Waals surface area (Å²) in [7, 11) is 1.54. The van der Waals surface area contributed by atoms with Crippen molar-refractivity contribution in [3.63, 3.8) is 0 Å². The lowest BCUT2D eigenvalue weighted by molar-refractivity contribution is -0.113. The first-order valence-corrected chi connectivity index (χ1v) is 12.4. The molecular formula is C24H16Br2FNO3S2. The molecule has 1 aliphatic rings. The molecule has 0 spiro atoms. The van der Waals surface area contributed by atoms with Crippen molar-refractivity contribution >= 4 is 77.8 Å². The topological polar surface area (TPSA) is 38.8 Å². The van der Waals surface area contributed by atoms with Crippen molar-refractivity contribution in [2.75, 3.05) is 12.0 Å². The Morgan fingerprint density at radius 2 is 1.88 bits per heavy atom. The number of thiocarbonyl (C=S) groups is 1. The summed E-state index contributed by atoms with van der Waals surface area (Å²) in [6.07, 6.45) is 1.77. The minimum atomic E-state index is -0.321. The van der Waals surface area contributed by atoms with E-state index in [1.54, 1.807) is 24.3 Å². The van der Waals surface area contributed by atoms with E-state index in [2.05, 4.69) is 31.9 Å². The molecule has 168 valence electrons. The predicted octanol–water partition coefficient (Wildman–Crippen LogP) is 7.34. The van der Waals surface area contributed by atoms with Crippen LogP contribution in [0.4, 0.5) is 10.1 Å². The Labute approximate surface area is 217 Å². The van der Waals surface area contributed by atoms with Crippen LogP contribution in [0.3, 0.4) is 0 Å². The summed E-state index contributed by atoms with van der Waals surface area (Å²) in [5.74, 6) is 0.462. The van der Waals surface area contributed by atoms with Crippen LogP contribution in [0.2, 0.25) is 0 Å². The summed E-state index contributed by atoms with van der Waals surface area (Å²) in [6.45, 7) is 0.178. The number of methoxy groups -OCH3 is 1. The Balaban J connectivity index is 1.58. The lowest BCUT2D eigenvalue weighted by Gasteiger charge is -2.14. The maximum Gasteiger partial charge on any atom is 0.270 e. The largest absolute Gasteiger partial charge is 0.493 e. The van der Waals surface area contributed by atoms with Gasteiger partial charge < -0.3 is 9.47 Å². The van der Waals surface area contributed by atoms with Gasteiger partial charge in [0.1, 0.15) is 12.4 Å².